The SMILES string of the molecule is CCN1CCN(c2cc(F)ccc2CCc2cc(C(C)C)c(O)cc2O)CC1. The first-order chi connectivity index (χ1) is 13.4. The number of benzene rings is 2. The highest BCUT2D eigenvalue weighted by atomic mass is 19.1. The van der Waals surface area contributed by atoms with Crippen LogP contribution in [0.4, 0.5) is 10.1 Å². The predicted octanol–water partition coefficient (Wildman–Crippen LogP) is 4.29. The van der Waals surface area contributed by atoms with Crippen LogP contribution in [0, 0.1) is 5.82 Å². The van der Waals surface area contributed by atoms with E-state index in [0.29, 0.717) is 12.8 Å². The third kappa shape index (κ3) is 4.58. The maximum absolute atomic E-state index is 14.0. The topological polar surface area (TPSA) is 46.9 Å². The Bertz CT molecular complexity index is 814. The molecule has 0 atom stereocenters. The first-order valence-corrected chi connectivity index (χ1v) is 10.2. The quantitative estimate of drug-likeness (QED) is 0.778. The highest BCUT2D eigenvalue weighted by Gasteiger charge is 2.19. The lowest BCUT2D eigenvalue weighted by Crippen LogP contribution is -2.46. The van der Waals surface area contributed by atoms with Crippen molar-refractivity contribution in [3.05, 3.63) is 52.8 Å². The number of anilines is 1. The van der Waals surface area contributed by atoms with E-state index < -0.39 is 0 Å². The Kier molecular flexibility index (Phi) is 6.45. The summed E-state index contributed by atoms with van der Waals surface area (Å²) in [5.41, 5.74) is 3.69. The van der Waals surface area contributed by atoms with Gasteiger partial charge in [-0.05, 0) is 60.2 Å². The second-order valence-electron chi connectivity index (χ2n) is 7.89. The fourth-order valence-corrected chi connectivity index (χ4v) is 3.92. The van der Waals surface area contributed by atoms with Gasteiger partial charge in [0, 0.05) is 37.9 Å². The molecule has 0 saturated carbocycles. The van der Waals surface area contributed by atoms with Crippen LogP contribution in [0.2, 0.25) is 0 Å². The maximum Gasteiger partial charge on any atom is 0.125 e. The van der Waals surface area contributed by atoms with Gasteiger partial charge in [0.15, 0.2) is 0 Å². The Morgan fingerprint density at radius 1 is 0.929 bits per heavy atom. The van der Waals surface area contributed by atoms with Gasteiger partial charge in [-0.1, -0.05) is 26.8 Å². The summed E-state index contributed by atoms with van der Waals surface area (Å²) in [6.07, 6.45) is 1.35. The normalized spacial score (nSPS) is 15.4. The summed E-state index contributed by atoms with van der Waals surface area (Å²) in [4.78, 5) is 4.66. The van der Waals surface area contributed by atoms with Gasteiger partial charge in [-0.25, -0.2) is 4.39 Å². The van der Waals surface area contributed by atoms with E-state index in [0.717, 1.165) is 55.1 Å². The summed E-state index contributed by atoms with van der Waals surface area (Å²) < 4.78 is 14.0. The van der Waals surface area contributed by atoms with Gasteiger partial charge < -0.3 is 20.0 Å². The smallest absolute Gasteiger partial charge is 0.125 e. The van der Waals surface area contributed by atoms with Crippen molar-refractivity contribution in [3.8, 4) is 11.5 Å². The summed E-state index contributed by atoms with van der Waals surface area (Å²) in [6, 6.07) is 8.32. The van der Waals surface area contributed by atoms with Crippen molar-refractivity contribution in [3.63, 3.8) is 0 Å². The molecule has 1 fully saturated rings. The molecule has 5 heteroatoms. The Hall–Kier alpha value is -2.27. The zero-order chi connectivity index (χ0) is 20.3. The fourth-order valence-electron chi connectivity index (χ4n) is 3.92. The van der Waals surface area contributed by atoms with Crippen molar-refractivity contribution in [1.29, 1.82) is 0 Å². The van der Waals surface area contributed by atoms with Gasteiger partial charge in [0.1, 0.15) is 17.3 Å². The largest absolute Gasteiger partial charge is 0.508 e. The van der Waals surface area contributed by atoms with Gasteiger partial charge in [0.2, 0.25) is 0 Å². The monoisotopic (exact) mass is 386 g/mol. The molecule has 0 unspecified atom stereocenters. The zero-order valence-electron chi connectivity index (χ0n) is 17.1. The first-order valence-electron chi connectivity index (χ1n) is 10.2. The van der Waals surface area contributed by atoms with Crippen LogP contribution in [-0.2, 0) is 12.8 Å². The molecular formula is C23H31FN2O2. The molecule has 0 bridgehead atoms. The highest BCUT2D eigenvalue weighted by molar-refractivity contribution is 5.55. The molecule has 0 aliphatic carbocycles. The van der Waals surface area contributed by atoms with Crippen LogP contribution in [0.5, 0.6) is 11.5 Å². The van der Waals surface area contributed by atoms with Crippen molar-refractivity contribution in [2.24, 2.45) is 0 Å². The van der Waals surface area contributed by atoms with Crippen LogP contribution in [-0.4, -0.2) is 47.8 Å². The lowest BCUT2D eigenvalue weighted by Gasteiger charge is -2.36. The molecule has 28 heavy (non-hydrogen) atoms. The minimum atomic E-state index is -0.216. The standard InChI is InChI=1S/C23H31FN2O2/c1-4-25-9-11-26(12-10-25)21-14-19(24)8-7-17(21)5-6-18-13-20(16(2)3)23(28)15-22(18)27/h7-8,13-16,27-28H,4-6,9-12H2,1-3H3. The molecule has 3 rings (SSSR count). The Morgan fingerprint density at radius 2 is 1.61 bits per heavy atom. The average Bonchev–Trinajstić information content (AvgIpc) is 2.68. The number of aryl methyl sites for hydroxylation is 2. The molecule has 4 nitrogen and oxygen atoms in total. The zero-order valence-corrected chi connectivity index (χ0v) is 17.1. The number of piperazine rings is 1. The summed E-state index contributed by atoms with van der Waals surface area (Å²) in [5, 5.41) is 20.3. The van der Waals surface area contributed by atoms with Crippen molar-refractivity contribution < 1.29 is 14.6 Å². The number of phenols is 2. The summed E-state index contributed by atoms with van der Waals surface area (Å²) in [7, 11) is 0. The molecule has 0 radical (unpaired) electrons. The van der Waals surface area contributed by atoms with Gasteiger partial charge in [-0.2, -0.15) is 0 Å². The van der Waals surface area contributed by atoms with Crippen LogP contribution >= 0.6 is 0 Å². The van der Waals surface area contributed by atoms with Crippen LogP contribution < -0.4 is 4.90 Å². The molecule has 0 amide bonds. The van der Waals surface area contributed by atoms with E-state index in [2.05, 4.69) is 16.7 Å². The molecule has 2 aromatic carbocycles. The number of hydrogen-bond donors (Lipinski definition) is 2. The van der Waals surface area contributed by atoms with E-state index in [9.17, 15) is 14.6 Å². The third-order valence-electron chi connectivity index (χ3n) is 5.72. The number of rotatable bonds is 6. The second kappa shape index (κ2) is 8.82. The number of phenolic OH excluding ortho intramolecular Hbond substituents is 2. The van der Waals surface area contributed by atoms with Crippen molar-refractivity contribution in [1.82, 2.24) is 4.90 Å². The van der Waals surface area contributed by atoms with Crippen molar-refractivity contribution >= 4 is 5.69 Å². The van der Waals surface area contributed by atoms with E-state index in [4.69, 9.17) is 0 Å². The minimum absolute atomic E-state index is 0.113. The lowest BCUT2D eigenvalue weighted by atomic mass is 9.95. The number of aromatic hydroxyl groups is 2. The number of likely N-dealkylation sites (N-methyl/N-ethyl adjacent to an activating group) is 1. The van der Waals surface area contributed by atoms with Crippen molar-refractivity contribution in [2.75, 3.05) is 37.6 Å². The van der Waals surface area contributed by atoms with E-state index in [-0.39, 0.29) is 23.2 Å². The molecule has 1 heterocycles. The number of nitrogens with zero attached hydrogens (tertiary/aromatic N) is 2. The molecule has 2 aromatic rings. The minimum Gasteiger partial charge on any atom is -0.508 e. The van der Waals surface area contributed by atoms with Crippen LogP contribution in [0.25, 0.3) is 0 Å². The van der Waals surface area contributed by atoms with Crippen LogP contribution in [0.1, 0.15) is 43.4 Å². The molecule has 1 aliphatic rings. The molecular weight excluding hydrogens is 355 g/mol. The fraction of sp³-hybridized carbons (Fsp3) is 0.478. The number of hydrogen-bond acceptors (Lipinski definition) is 4. The second-order valence-corrected chi connectivity index (χ2v) is 7.89. The maximum atomic E-state index is 14.0. The van der Waals surface area contributed by atoms with Gasteiger partial charge in [-0.3, -0.25) is 0 Å². The molecule has 1 aliphatic heterocycles. The lowest BCUT2D eigenvalue weighted by molar-refractivity contribution is 0.271. The molecule has 0 spiro atoms. The van der Waals surface area contributed by atoms with E-state index in [1.54, 1.807) is 6.07 Å². The summed E-state index contributed by atoms with van der Waals surface area (Å²) >= 11 is 0. The van der Waals surface area contributed by atoms with E-state index in [1.165, 1.54) is 12.1 Å². The Balaban J connectivity index is 1.79. The summed E-state index contributed by atoms with van der Waals surface area (Å²) in [5.74, 6) is 0.205. The molecule has 0 aromatic heterocycles. The first kappa shape index (κ1) is 20.5. The predicted molar refractivity (Wildman–Crippen MR) is 112 cm³/mol. The van der Waals surface area contributed by atoms with E-state index in [1.807, 2.05) is 26.0 Å². The van der Waals surface area contributed by atoms with Gasteiger partial charge >= 0.3 is 0 Å². The van der Waals surface area contributed by atoms with Crippen LogP contribution in [0.15, 0.2) is 30.3 Å². The van der Waals surface area contributed by atoms with Crippen LogP contribution in [0.3, 0.4) is 0 Å². The van der Waals surface area contributed by atoms with Gasteiger partial charge in [-0.15, -0.1) is 0 Å². The summed E-state index contributed by atoms with van der Waals surface area (Å²) in [6.45, 7) is 11.0. The number of halogens is 1. The molecule has 2 N–H and O–H groups in total. The van der Waals surface area contributed by atoms with Crippen molar-refractivity contribution in [2.45, 2.75) is 39.5 Å². The Labute approximate surface area is 167 Å². The van der Waals surface area contributed by atoms with Gasteiger partial charge in [0.05, 0.1) is 0 Å². The average molecular weight is 387 g/mol. The van der Waals surface area contributed by atoms with E-state index >= 15 is 0 Å². The van der Waals surface area contributed by atoms with Gasteiger partial charge in [0.25, 0.3) is 0 Å². The molecule has 152 valence electrons. The molecule has 1 saturated heterocycles. The third-order valence-corrected chi connectivity index (χ3v) is 5.72. The highest BCUT2D eigenvalue weighted by Crippen LogP contribution is 2.33. The Morgan fingerprint density at radius 3 is 2.25 bits per heavy atom.